The molecule has 2 aromatic rings. The number of carbonyl (C=O) groups excluding carboxylic acids is 1. The first kappa shape index (κ1) is 12.8. The fourth-order valence-corrected chi connectivity index (χ4v) is 1.86. The summed E-state index contributed by atoms with van der Waals surface area (Å²) in [6.45, 7) is 0.648. The first-order chi connectivity index (χ1) is 8.75. The van der Waals surface area contributed by atoms with Gasteiger partial charge in [-0.25, -0.2) is 4.98 Å². The summed E-state index contributed by atoms with van der Waals surface area (Å²) in [4.78, 5) is 18.9. The maximum atomic E-state index is 11.8. The minimum Gasteiger partial charge on any atom is -0.352 e. The SMILES string of the molecule is O=C(NCCCc1ncc[nH]1)c1ccc(Br)cc1. The minimum absolute atomic E-state index is 0.0399. The van der Waals surface area contributed by atoms with Gasteiger partial charge in [0, 0.05) is 35.4 Å². The lowest BCUT2D eigenvalue weighted by atomic mass is 10.2. The average Bonchev–Trinajstić information content (AvgIpc) is 2.88. The Kier molecular flexibility index (Phi) is 4.52. The van der Waals surface area contributed by atoms with Crippen LogP contribution in [-0.4, -0.2) is 22.4 Å². The molecule has 0 saturated carbocycles. The second-order valence-electron chi connectivity index (χ2n) is 3.90. The van der Waals surface area contributed by atoms with Crippen molar-refractivity contribution in [3.8, 4) is 0 Å². The molecule has 0 aliphatic carbocycles. The molecule has 0 fully saturated rings. The van der Waals surface area contributed by atoms with E-state index in [1.807, 2.05) is 12.1 Å². The highest BCUT2D eigenvalue weighted by atomic mass is 79.9. The number of aryl methyl sites for hydroxylation is 1. The Hall–Kier alpha value is -1.62. The summed E-state index contributed by atoms with van der Waals surface area (Å²) < 4.78 is 0.969. The fourth-order valence-electron chi connectivity index (χ4n) is 1.60. The van der Waals surface area contributed by atoms with Gasteiger partial charge in [0.05, 0.1) is 0 Å². The molecule has 1 aromatic carbocycles. The Morgan fingerprint density at radius 1 is 1.33 bits per heavy atom. The van der Waals surface area contributed by atoms with Crippen molar-refractivity contribution in [1.82, 2.24) is 15.3 Å². The highest BCUT2D eigenvalue weighted by Crippen LogP contribution is 2.10. The van der Waals surface area contributed by atoms with Crippen LogP contribution >= 0.6 is 15.9 Å². The van der Waals surface area contributed by atoms with Crippen LogP contribution in [-0.2, 0) is 6.42 Å². The summed E-state index contributed by atoms with van der Waals surface area (Å²) in [5.74, 6) is 0.912. The number of hydrogen-bond acceptors (Lipinski definition) is 2. The molecule has 0 bridgehead atoms. The van der Waals surface area contributed by atoms with Crippen molar-refractivity contribution in [2.45, 2.75) is 12.8 Å². The molecule has 94 valence electrons. The van der Waals surface area contributed by atoms with Crippen LogP contribution < -0.4 is 5.32 Å². The lowest BCUT2D eigenvalue weighted by Gasteiger charge is -2.04. The predicted octanol–water partition coefficient (Wildman–Crippen LogP) is 2.53. The summed E-state index contributed by atoms with van der Waals surface area (Å²) in [5.41, 5.74) is 0.677. The Bertz CT molecular complexity index is 493. The number of nitrogens with zero attached hydrogens (tertiary/aromatic N) is 1. The second kappa shape index (κ2) is 6.35. The highest BCUT2D eigenvalue weighted by Gasteiger charge is 2.04. The Morgan fingerprint density at radius 3 is 2.78 bits per heavy atom. The van der Waals surface area contributed by atoms with Gasteiger partial charge < -0.3 is 10.3 Å². The molecule has 0 aliphatic rings. The summed E-state index contributed by atoms with van der Waals surface area (Å²) in [7, 11) is 0. The zero-order valence-corrected chi connectivity index (χ0v) is 11.4. The van der Waals surface area contributed by atoms with Gasteiger partial charge >= 0.3 is 0 Å². The molecule has 0 spiro atoms. The third-order valence-electron chi connectivity index (χ3n) is 2.54. The molecule has 2 rings (SSSR count). The third-order valence-corrected chi connectivity index (χ3v) is 3.07. The zero-order valence-electron chi connectivity index (χ0n) is 9.82. The van der Waals surface area contributed by atoms with Crippen LogP contribution in [0, 0.1) is 0 Å². The van der Waals surface area contributed by atoms with E-state index in [9.17, 15) is 4.79 Å². The third kappa shape index (κ3) is 3.70. The van der Waals surface area contributed by atoms with Crippen molar-refractivity contribution in [1.29, 1.82) is 0 Å². The maximum Gasteiger partial charge on any atom is 0.251 e. The fraction of sp³-hybridized carbons (Fsp3) is 0.231. The molecule has 1 amide bonds. The Morgan fingerprint density at radius 2 is 2.11 bits per heavy atom. The van der Waals surface area contributed by atoms with Crippen LogP contribution in [0.5, 0.6) is 0 Å². The van der Waals surface area contributed by atoms with Gasteiger partial charge in [-0.15, -0.1) is 0 Å². The molecule has 0 unspecified atom stereocenters. The number of carbonyl (C=O) groups is 1. The molecule has 5 heteroatoms. The summed E-state index contributed by atoms with van der Waals surface area (Å²) in [6.07, 6.45) is 5.24. The number of amides is 1. The van der Waals surface area contributed by atoms with E-state index in [1.54, 1.807) is 24.5 Å². The minimum atomic E-state index is -0.0399. The lowest BCUT2D eigenvalue weighted by molar-refractivity contribution is 0.0953. The largest absolute Gasteiger partial charge is 0.352 e. The number of H-pyrrole nitrogens is 1. The molecular formula is C13H14BrN3O. The van der Waals surface area contributed by atoms with E-state index in [2.05, 4.69) is 31.2 Å². The van der Waals surface area contributed by atoms with Gasteiger partial charge in [0.2, 0.25) is 0 Å². The molecule has 18 heavy (non-hydrogen) atoms. The van der Waals surface area contributed by atoms with Crippen molar-refractivity contribution in [3.05, 3.63) is 52.5 Å². The van der Waals surface area contributed by atoms with Gasteiger partial charge in [-0.3, -0.25) is 4.79 Å². The number of hydrogen-bond donors (Lipinski definition) is 2. The van der Waals surface area contributed by atoms with E-state index >= 15 is 0 Å². The van der Waals surface area contributed by atoms with Gasteiger partial charge in [-0.1, -0.05) is 15.9 Å². The van der Waals surface area contributed by atoms with Crippen molar-refractivity contribution in [2.24, 2.45) is 0 Å². The van der Waals surface area contributed by atoms with Crippen LogP contribution in [0.15, 0.2) is 41.1 Å². The van der Waals surface area contributed by atoms with Crippen molar-refractivity contribution in [2.75, 3.05) is 6.54 Å². The quantitative estimate of drug-likeness (QED) is 0.834. The van der Waals surface area contributed by atoms with Crippen LogP contribution in [0.1, 0.15) is 22.6 Å². The molecular weight excluding hydrogens is 294 g/mol. The van der Waals surface area contributed by atoms with E-state index in [-0.39, 0.29) is 5.91 Å². The number of nitrogens with one attached hydrogen (secondary N) is 2. The van der Waals surface area contributed by atoms with Gasteiger partial charge in [0.1, 0.15) is 5.82 Å². The Balaban J connectivity index is 1.73. The molecule has 0 atom stereocenters. The maximum absolute atomic E-state index is 11.8. The standard InChI is InChI=1S/C13H14BrN3O/c14-11-5-3-10(4-6-11)13(18)17-7-1-2-12-15-8-9-16-12/h3-6,8-9H,1-2,7H2,(H,15,16)(H,17,18). The van der Waals surface area contributed by atoms with E-state index in [4.69, 9.17) is 0 Å². The van der Waals surface area contributed by atoms with Crippen LogP contribution in [0.3, 0.4) is 0 Å². The average molecular weight is 308 g/mol. The molecule has 0 aliphatic heterocycles. The molecule has 2 N–H and O–H groups in total. The van der Waals surface area contributed by atoms with Gasteiger partial charge in [0.25, 0.3) is 5.91 Å². The van der Waals surface area contributed by atoms with Crippen LogP contribution in [0.4, 0.5) is 0 Å². The van der Waals surface area contributed by atoms with E-state index in [0.29, 0.717) is 12.1 Å². The molecule has 0 saturated heterocycles. The molecule has 4 nitrogen and oxygen atoms in total. The number of imidazole rings is 1. The predicted molar refractivity (Wildman–Crippen MR) is 73.4 cm³/mol. The lowest BCUT2D eigenvalue weighted by Crippen LogP contribution is -2.24. The molecule has 1 heterocycles. The number of benzene rings is 1. The van der Waals surface area contributed by atoms with Crippen molar-refractivity contribution >= 4 is 21.8 Å². The Labute approximate surface area is 114 Å². The zero-order chi connectivity index (χ0) is 12.8. The monoisotopic (exact) mass is 307 g/mol. The summed E-state index contributed by atoms with van der Waals surface area (Å²) in [5, 5.41) is 2.88. The molecule has 0 radical (unpaired) electrons. The van der Waals surface area contributed by atoms with Gasteiger partial charge in [-0.05, 0) is 30.7 Å². The highest BCUT2D eigenvalue weighted by molar-refractivity contribution is 9.10. The van der Waals surface area contributed by atoms with E-state index < -0.39 is 0 Å². The number of rotatable bonds is 5. The second-order valence-corrected chi connectivity index (χ2v) is 4.82. The summed E-state index contributed by atoms with van der Waals surface area (Å²) >= 11 is 3.34. The van der Waals surface area contributed by atoms with Gasteiger partial charge in [-0.2, -0.15) is 0 Å². The smallest absolute Gasteiger partial charge is 0.251 e. The van der Waals surface area contributed by atoms with Crippen molar-refractivity contribution < 1.29 is 4.79 Å². The topological polar surface area (TPSA) is 57.8 Å². The normalized spacial score (nSPS) is 10.3. The van der Waals surface area contributed by atoms with Gasteiger partial charge in [0.15, 0.2) is 0 Å². The van der Waals surface area contributed by atoms with E-state index in [1.165, 1.54) is 0 Å². The van der Waals surface area contributed by atoms with Crippen LogP contribution in [0.25, 0.3) is 0 Å². The van der Waals surface area contributed by atoms with Crippen molar-refractivity contribution in [3.63, 3.8) is 0 Å². The number of aromatic amines is 1. The number of aromatic nitrogens is 2. The number of halogens is 1. The summed E-state index contributed by atoms with van der Waals surface area (Å²) in [6, 6.07) is 7.31. The first-order valence-corrected chi connectivity index (χ1v) is 6.57. The van der Waals surface area contributed by atoms with Crippen LogP contribution in [0.2, 0.25) is 0 Å². The first-order valence-electron chi connectivity index (χ1n) is 5.78. The van der Waals surface area contributed by atoms with E-state index in [0.717, 1.165) is 23.1 Å². The molecule has 1 aromatic heterocycles.